The van der Waals surface area contributed by atoms with Crippen LogP contribution in [0.3, 0.4) is 0 Å². The average molecular weight is 534 g/mol. The molecular weight excluding hydrogens is 486 g/mol. The third-order valence-corrected chi connectivity index (χ3v) is 13.1. The van der Waals surface area contributed by atoms with E-state index in [1.165, 1.54) is 7.11 Å². The fourth-order valence-electron chi connectivity index (χ4n) is 10.6. The number of nitriles is 1. The number of hydrogen-bond donors (Lipinski definition) is 0. The zero-order valence-corrected chi connectivity index (χ0v) is 25.3. The normalized spacial score (nSPS) is 43.9. The Labute approximate surface area is 234 Å². The minimum atomic E-state index is -0.652. The smallest absolute Gasteiger partial charge is 0.305 e. The van der Waals surface area contributed by atoms with Gasteiger partial charge in [0.05, 0.1) is 12.7 Å². The molecule has 5 nitrogen and oxygen atoms in total. The van der Waals surface area contributed by atoms with Crippen LogP contribution in [0.25, 0.3) is 0 Å². The predicted molar refractivity (Wildman–Crippen MR) is 150 cm³/mol. The molecule has 0 N–H and O–H groups in total. The van der Waals surface area contributed by atoms with Crippen molar-refractivity contribution >= 4 is 17.5 Å². The Balaban J connectivity index is 1.65. The molecule has 3 fully saturated rings. The molecule has 0 aromatic heterocycles. The first-order valence-electron chi connectivity index (χ1n) is 15.0. The summed E-state index contributed by atoms with van der Waals surface area (Å²) >= 11 is 0. The maximum Gasteiger partial charge on any atom is 0.305 e. The van der Waals surface area contributed by atoms with E-state index in [-0.39, 0.29) is 62.5 Å². The standard InChI is InChI=1S/C34H47NO4/c1-29(2)13-15-34(12-10-26(37)39-8)16-14-33(7)27(22(34)19-29)23(36)17-25-31(5)18-21(20-35)28(38)30(3,4)24(31)9-11-32(25,33)6/h17-18,22,24,27H,9-16,19H2,1-8H3/t22?,24?,27?,31-,32+,33+,34+/m0/s1. The molecule has 5 rings (SSSR count). The first-order valence-corrected chi connectivity index (χ1v) is 15.0. The molecule has 5 heteroatoms. The van der Waals surface area contributed by atoms with Crippen molar-refractivity contribution in [3.05, 3.63) is 23.3 Å². The van der Waals surface area contributed by atoms with Gasteiger partial charge in [-0.3, -0.25) is 14.4 Å². The zero-order chi connectivity index (χ0) is 28.8. The van der Waals surface area contributed by atoms with Gasteiger partial charge in [0, 0.05) is 23.2 Å². The summed E-state index contributed by atoms with van der Waals surface area (Å²) in [6.45, 7) is 15.6. The minimum Gasteiger partial charge on any atom is -0.469 e. The van der Waals surface area contributed by atoms with Crippen LogP contribution in [0.5, 0.6) is 0 Å². The second-order valence-electron chi connectivity index (χ2n) is 15.7. The van der Waals surface area contributed by atoms with Gasteiger partial charge in [-0.25, -0.2) is 0 Å². The highest BCUT2D eigenvalue weighted by molar-refractivity contribution is 6.04. The van der Waals surface area contributed by atoms with Crippen LogP contribution in [0, 0.1) is 61.6 Å². The Hall–Kier alpha value is -2.22. The lowest BCUT2D eigenvalue weighted by atomic mass is 9.34. The van der Waals surface area contributed by atoms with E-state index in [1.807, 2.05) is 26.0 Å². The molecule has 0 spiro atoms. The highest BCUT2D eigenvalue weighted by Crippen LogP contribution is 2.75. The van der Waals surface area contributed by atoms with Crippen LogP contribution in [-0.4, -0.2) is 24.6 Å². The molecule has 0 radical (unpaired) electrons. The van der Waals surface area contributed by atoms with Crippen molar-refractivity contribution in [2.45, 2.75) is 106 Å². The molecule has 0 aliphatic heterocycles. The molecule has 7 atom stereocenters. The number of allylic oxidation sites excluding steroid dienone is 4. The summed E-state index contributed by atoms with van der Waals surface area (Å²) in [5, 5.41) is 9.90. The lowest BCUT2D eigenvalue weighted by molar-refractivity contribution is -0.173. The largest absolute Gasteiger partial charge is 0.469 e. The molecule has 3 saturated carbocycles. The molecule has 0 bridgehead atoms. The number of carbonyl (C=O) groups excluding carboxylic acids is 3. The van der Waals surface area contributed by atoms with Crippen molar-refractivity contribution in [1.82, 2.24) is 0 Å². The van der Waals surface area contributed by atoms with Gasteiger partial charge >= 0.3 is 5.97 Å². The maximum atomic E-state index is 14.5. The van der Waals surface area contributed by atoms with E-state index >= 15 is 0 Å². The van der Waals surface area contributed by atoms with Crippen molar-refractivity contribution in [2.75, 3.05) is 7.11 Å². The summed E-state index contributed by atoms with van der Waals surface area (Å²) in [4.78, 5) is 40.0. The van der Waals surface area contributed by atoms with Crippen LogP contribution in [0.15, 0.2) is 23.3 Å². The van der Waals surface area contributed by atoms with Gasteiger partial charge in [-0.15, -0.1) is 0 Å². The summed E-state index contributed by atoms with van der Waals surface area (Å²) in [7, 11) is 1.46. The Morgan fingerprint density at radius 1 is 1.03 bits per heavy atom. The molecular formula is C34H47NO4. The molecule has 5 aliphatic rings. The molecule has 0 amide bonds. The van der Waals surface area contributed by atoms with E-state index in [0.717, 1.165) is 56.9 Å². The minimum absolute atomic E-state index is 0.0144. The van der Waals surface area contributed by atoms with E-state index in [1.54, 1.807) is 0 Å². The van der Waals surface area contributed by atoms with Gasteiger partial charge in [-0.05, 0) is 90.9 Å². The second-order valence-corrected chi connectivity index (χ2v) is 15.7. The highest BCUT2D eigenvalue weighted by Gasteiger charge is 2.69. The number of hydrogen-bond acceptors (Lipinski definition) is 5. The number of ether oxygens (including phenoxy) is 1. The summed E-state index contributed by atoms with van der Waals surface area (Å²) in [5.74, 6) is 0.185. The number of esters is 1. The van der Waals surface area contributed by atoms with Crippen molar-refractivity contribution in [3.63, 3.8) is 0 Å². The molecule has 0 heterocycles. The number of rotatable bonds is 3. The molecule has 0 aromatic rings. The van der Waals surface area contributed by atoms with E-state index in [2.05, 4.69) is 40.7 Å². The maximum absolute atomic E-state index is 14.5. The summed E-state index contributed by atoms with van der Waals surface area (Å²) in [5.41, 5.74) is -0.0693. The number of Topliss-reactive ketones (excluding diaryl/α,β-unsaturated/α-hetero) is 1. The summed E-state index contributed by atoms with van der Waals surface area (Å²) < 4.78 is 5.03. The van der Waals surface area contributed by atoms with Gasteiger partial charge < -0.3 is 4.74 Å². The van der Waals surface area contributed by atoms with Crippen LogP contribution in [0.1, 0.15) is 106 Å². The molecule has 39 heavy (non-hydrogen) atoms. The van der Waals surface area contributed by atoms with E-state index in [4.69, 9.17) is 4.74 Å². The lowest BCUT2D eigenvalue weighted by Crippen LogP contribution is -2.64. The van der Waals surface area contributed by atoms with E-state index in [0.29, 0.717) is 6.42 Å². The zero-order valence-electron chi connectivity index (χ0n) is 25.3. The van der Waals surface area contributed by atoms with Gasteiger partial charge in [0.25, 0.3) is 0 Å². The first kappa shape index (κ1) is 28.3. The van der Waals surface area contributed by atoms with Gasteiger partial charge in [0.15, 0.2) is 11.6 Å². The monoisotopic (exact) mass is 533 g/mol. The summed E-state index contributed by atoms with van der Waals surface area (Å²) in [6, 6.07) is 2.19. The number of nitrogens with zero attached hydrogens (tertiary/aromatic N) is 1. The van der Waals surface area contributed by atoms with Crippen LogP contribution in [0.4, 0.5) is 0 Å². The average Bonchev–Trinajstić information content (AvgIpc) is 2.86. The molecule has 5 aliphatic carbocycles. The van der Waals surface area contributed by atoms with Crippen LogP contribution in [-0.2, 0) is 19.1 Å². The van der Waals surface area contributed by atoms with Crippen molar-refractivity contribution in [1.29, 1.82) is 5.26 Å². The second kappa shape index (κ2) is 8.64. The van der Waals surface area contributed by atoms with E-state index in [9.17, 15) is 19.6 Å². The Bertz CT molecular complexity index is 1230. The Morgan fingerprint density at radius 3 is 2.33 bits per heavy atom. The molecule has 0 aromatic carbocycles. The van der Waals surface area contributed by atoms with Crippen LogP contribution in [0.2, 0.25) is 0 Å². The first-order chi connectivity index (χ1) is 18.0. The fourth-order valence-corrected chi connectivity index (χ4v) is 10.6. The van der Waals surface area contributed by atoms with Gasteiger partial charge in [-0.1, -0.05) is 60.1 Å². The van der Waals surface area contributed by atoms with E-state index < -0.39 is 10.8 Å². The fraction of sp³-hybridized carbons (Fsp3) is 0.765. The van der Waals surface area contributed by atoms with Crippen LogP contribution < -0.4 is 0 Å². The third-order valence-electron chi connectivity index (χ3n) is 13.1. The quantitative estimate of drug-likeness (QED) is 0.359. The number of ketones is 2. The van der Waals surface area contributed by atoms with Crippen LogP contribution >= 0.6 is 0 Å². The lowest BCUT2D eigenvalue weighted by Gasteiger charge is -2.69. The van der Waals surface area contributed by atoms with Gasteiger partial charge in [-0.2, -0.15) is 5.26 Å². The number of methoxy groups -OCH3 is 1. The SMILES string of the molecule is COC(=O)CC[C@]12CCC(C)(C)CC1C1C(=O)C=C3[C@@]4(C)C=C(C#N)C(=O)C(C)(C)C4CC[C@@]3(C)[C@]1(C)CC2. The van der Waals surface area contributed by atoms with Gasteiger partial charge in [0.1, 0.15) is 6.07 Å². The molecule has 0 saturated heterocycles. The Kier molecular flexibility index (Phi) is 6.27. The number of carbonyl (C=O) groups is 3. The van der Waals surface area contributed by atoms with Crippen molar-refractivity contribution in [2.24, 2.45) is 50.2 Å². The summed E-state index contributed by atoms with van der Waals surface area (Å²) in [6.07, 6.45) is 12.1. The van der Waals surface area contributed by atoms with Gasteiger partial charge in [0.2, 0.25) is 0 Å². The molecule has 3 unspecified atom stereocenters. The Morgan fingerprint density at radius 2 is 1.69 bits per heavy atom. The topological polar surface area (TPSA) is 84.2 Å². The predicted octanol–water partition coefficient (Wildman–Crippen LogP) is 7.16. The molecule has 212 valence electrons. The number of fused-ring (bicyclic) bond motifs is 7. The van der Waals surface area contributed by atoms with Crippen molar-refractivity contribution < 1.29 is 19.1 Å². The van der Waals surface area contributed by atoms with Crippen molar-refractivity contribution in [3.8, 4) is 6.07 Å². The highest BCUT2D eigenvalue weighted by atomic mass is 16.5. The third kappa shape index (κ3) is 3.72.